The van der Waals surface area contributed by atoms with Gasteiger partial charge in [0.25, 0.3) is 0 Å². The molecule has 12 heteroatoms. The highest BCUT2D eigenvalue weighted by molar-refractivity contribution is 5.84. The summed E-state index contributed by atoms with van der Waals surface area (Å²) in [6.07, 6.45) is -1.99. The van der Waals surface area contributed by atoms with E-state index in [1.165, 1.54) is 23.9 Å². The van der Waals surface area contributed by atoms with Crippen LogP contribution in [0, 0.1) is 0 Å². The second-order valence-electron chi connectivity index (χ2n) is 5.77. The number of carbonyl (C=O) groups excluding carboxylic acids is 1. The smallest absolute Gasteiger partial charge is 0.370 e. The van der Waals surface area contributed by atoms with E-state index in [0.717, 1.165) is 0 Å². The molecule has 1 aliphatic heterocycles. The van der Waals surface area contributed by atoms with Crippen LogP contribution >= 0.6 is 0 Å². The molecule has 2 heterocycles. The van der Waals surface area contributed by atoms with Crippen molar-refractivity contribution in [1.82, 2.24) is 20.3 Å². The number of carboxylic acid groups (broad SMARTS) is 1. The number of carboxylic acids is 1. The molecule has 0 aliphatic carbocycles. The summed E-state index contributed by atoms with van der Waals surface area (Å²) in [5.41, 5.74) is 5.92. The molecule has 1 amide bonds. The SMILES string of the molecule is CC(=O)N[C@H]1[C@H]([C@H](O)[C@H](O)CO)OC(C(=O)O)=C[C@@H]1n1cc(CN)nn1. The summed E-state index contributed by atoms with van der Waals surface area (Å²) in [6, 6.07) is -1.89. The molecular formula is C14H21N5O7. The predicted octanol–water partition coefficient (Wildman–Crippen LogP) is -3.14. The van der Waals surface area contributed by atoms with Crippen LogP contribution < -0.4 is 11.1 Å². The van der Waals surface area contributed by atoms with E-state index < -0.39 is 54.6 Å². The molecule has 0 aromatic carbocycles. The van der Waals surface area contributed by atoms with E-state index in [0.29, 0.717) is 5.69 Å². The molecule has 0 fully saturated rings. The van der Waals surface area contributed by atoms with Crippen LogP contribution in [0.15, 0.2) is 18.0 Å². The van der Waals surface area contributed by atoms with Crippen molar-refractivity contribution in [2.24, 2.45) is 5.73 Å². The molecule has 7 N–H and O–H groups in total. The van der Waals surface area contributed by atoms with Gasteiger partial charge in [-0.1, -0.05) is 5.21 Å². The third kappa shape index (κ3) is 4.16. The maximum absolute atomic E-state index is 11.6. The van der Waals surface area contributed by atoms with Crippen molar-refractivity contribution in [2.75, 3.05) is 6.61 Å². The van der Waals surface area contributed by atoms with Crippen LogP contribution in [0.1, 0.15) is 18.7 Å². The minimum Gasteiger partial charge on any atom is -0.478 e. The number of ether oxygens (including phenoxy) is 1. The average molecular weight is 371 g/mol. The van der Waals surface area contributed by atoms with Crippen LogP contribution in [0.4, 0.5) is 0 Å². The van der Waals surface area contributed by atoms with E-state index in [9.17, 15) is 24.9 Å². The topological polar surface area (TPSA) is 193 Å². The van der Waals surface area contributed by atoms with E-state index in [-0.39, 0.29) is 6.54 Å². The van der Waals surface area contributed by atoms with E-state index in [1.807, 2.05) is 0 Å². The lowest BCUT2D eigenvalue weighted by Crippen LogP contribution is -2.58. The number of aromatic nitrogens is 3. The van der Waals surface area contributed by atoms with E-state index in [1.54, 1.807) is 0 Å². The first-order valence-corrected chi connectivity index (χ1v) is 7.75. The Kier molecular flexibility index (Phi) is 6.26. The summed E-state index contributed by atoms with van der Waals surface area (Å²) in [7, 11) is 0. The van der Waals surface area contributed by atoms with Gasteiger partial charge in [0.15, 0.2) is 0 Å². The Bertz CT molecular complexity index is 691. The Balaban J connectivity index is 2.49. The van der Waals surface area contributed by atoms with Crippen molar-refractivity contribution >= 4 is 11.9 Å². The first-order valence-electron chi connectivity index (χ1n) is 7.75. The number of nitrogens with one attached hydrogen (secondary N) is 1. The van der Waals surface area contributed by atoms with Gasteiger partial charge in [-0.2, -0.15) is 0 Å². The molecule has 1 aliphatic rings. The molecule has 0 unspecified atom stereocenters. The van der Waals surface area contributed by atoms with Crippen molar-refractivity contribution in [3.63, 3.8) is 0 Å². The molecule has 0 spiro atoms. The number of carbonyl (C=O) groups is 2. The highest BCUT2D eigenvalue weighted by Crippen LogP contribution is 2.29. The van der Waals surface area contributed by atoms with Gasteiger partial charge in [-0.15, -0.1) is 5.10 Å². The minimum atomic E-state index is -1.68. The van der Waals surface area contributed by atoms with Gasteiger partial charge in [0.05, 0.1) is 30.6 Å². The van der Waals surface area contributed by atoms with Gasteiger partial charge in [0.2, 0.25) is 11.7 Å². The summed E-state index contributed by atoms with van der Waals surface area (Å²) in [5.74, 6) is -2.40. The quantitative estimate of drug-likeness (QED) is 0.285. The Morgan fingerprint density at radius 1 is 1.46 bits per heavy atom. The molecule has 0 radical (unpaired) electrons. The number of amides is 1. The second-order valence-corrected chi connectivity index (χ2v) is 5.77. The Hall–Kier alpha value is -2.54. The minimum absolute atomic E-state index is 0.0960. The summed E-state index contributed by atoms with van der Waals surface area (Å²) in [5, 5.41) is 48.6. The lowest BCUT2D eigenvalue weighted by Gasteiger charge is -2.39. The maximum atomic E-state index is 11.6. The monoisotopic (exact) mass is 371 g/mol. The summed E-state index contributed by atoms with van der Waals surface area (Å²) >= 11 is 0. The van der Waals surface area contributed by atoms with Crippen molar-refractivity contribution in [2.45, 2.75) is 43.9 Å². The van der Waals surface area contributed by atoms with Crippen LogP contribution in [0.5, 0.6) is 0 Å². The fraction of sp³-hybridized carbons (Fsp3) is 0.571. The molecule has 144 valence electrons. The predicted molar refractivity (Wildman–Crippen MR) is 84.2 cm³/mol. The molecule has 1 aromatic heterocycles. The lowest BCUT2D eigenvalue weighted by molar-refractivity contribution is -0.147. The zero-order valence-electron chi connectivity index (χ0n) is 13.9. The maximum Gasteiger partial charge on any atom is 0.370 e. The number of aliphatic hydroxyl groups excluding tert-OH is 3. The third-order valence-corrected chi connectivity index (χ3v) is 3.88. The number of rotatable bonds is 7. The first kappa shape index (κ1) is 19.8. The van der Waals surface area contributed by atoms with Crippen molar-refractivity contribution < 1.29 is 34.8 Å². The van der Waals surface area contributed by atoms with Gasteiger partial charge >= 0.3 is 5.97 Å². The lowest BCUT2D eigenvalue weighted by atomic mass is 9.92. The van der Waals surface area contributed by atoms with Gasteiger partial charge in [0, 0.05) is 13.5 Å². The van der Waals surface area contributed by atoms with E-state index >= 15 is 0 Å². The van der Waals surface area contributed by atoms with Gasteiger partial charge in [-0.3, -0.25) is 4.79 Å². The largest absolute Gasteiger partial charge is 0.478 e. The molecule has 0 saturated carbocycles. The zero-order valence-corrected chi connectivity index (χ0v) is 13.9. The van der Waals surface area contributed by atoms with Gasteiger partial charge < -0.3 is 36.2 Å². The Morgan fingerprint density at radius 2 is 2.15 bits per heavy atom. The summed E-state index contributed by atoms with van der Waals surface area (Å²) in [6.45, 7) is 0.538. The molecular weight excluding hydrogens is 350 g/mol. The normalized spacial score (nSPS) is 25.0. The molecule has 26 heavy (non-hydrogen) atoms. The highest BCUT2D eigenvalue weighted by Gasteiger charge is 2.44. The van der Waals surface area contributed by atoms with Crippen LogP contribution in [0.3, 0.4) is 0 Å². The third-order valence-electron chi connectivity index (χ3n) is 3.88. The van der Waals surface area contributed by atoms with E-state index in [2.05, 4.69) is 15.6 Å². The second kappa shape index (κ2) is 8.23. The Labute approximate surface area is 147 Å². The van der Waals surface area contributed by atoms with Crippen molar-refractivity contribution in [3.8, 4) is 0 Å². The molecule has 12 nitrogen and oxygen atoms in total. The van der Waals surface area contributed by atoms with Crippen molar-refractivity contribution in [1.29, 1.82) is 0 Å². The molecule has 0 bridgehead atoms. The van der Waals surface area contributed by atoms with Crippen LogP contribution in [0.25, 0.3) is 0 Å². The number of nitrogens with two attached hydrogens (primary N) is 1. The fourth-order valence-corrected chi connectivity index (χ4v) is 2.64. The number of hydrogen-bond acceptors (Lipinski definition) is 9. The highest BCUT2D eigenvalue weighted by atomic mass is 16.5. The zero-order chi connectivity index (χ0) is 19.4. The number of nitrogens with zero attached hydrogens (tertiary/aromatic N) is 3. The van der Waals surface area contributed by atoms with Crippen LogP contribution in [0.2, 0.25) is 0 Å². The number of hydrogen-bond donors (Lipinski definition) is 6. The standard InChI is InChI=1S/C14H21N5O7/c1-6(21)16-11-8(19-4-7(3-15)17-18-19)2-10(14(24)25)26-13(11)12(23)9(22)5-20/h2,4,8-9,11-13,20,22-23H,3,5,15H2,1H3,(H,16,21)(H,24,25)/t8-,9+,11+,12+,13+/m0/s1. The van der Waals surface area contributed by atoms with Gasteiger partial charge in [-0.05, 0) is 6.08 Å². The van der Waals surface area contributed by atoms with Crippen molar-refractivity contribution in [3.05, 3.63) is 23.7 Å². The van der Waals surface area contributed by atoms with E-state index in [4.69, 9.17) is 15.6 Å². The van der Waals surface area contributed by atoms with Crippen LogP contribution in [-0.2, 0) is 20.9 Å². The molecule has 0 saturated heterocycles. The van der Waals surface area contributed by atoms with Crippen LogP contribution in [-0.4, -0.2) is 78.3 Å². The molecule has 1 aromatic rings. The number of aliphatic carboxylic acids is 1. The first-order chi connectivity index (χ1) is 12.3. The Morgan fingerprint density at radius 3 is 2.65 bits per heavy atom. The molecule has 5 atom stereocenters. The van der Waals surface area contributed by atoms with Gasteiger partial charge in [-0.25, -0.2) is 9.48 Å². The van der Waals surface area contributed by atoms with Gasteiger partial charge in [0.1, 0.15) is 18.3 Å². The molecule has 2 rings (SSSR count). The fourth-order valence-electron chi connectivity index (χ4n) is 2.64. The number of aliphatic hydroxyl groups is 3. The summed E-state index contributed by atoms with van der Waals surface area (Å²) in [4.78, 5) is 23.0. The average Bonchev–Trinajstić information content (AvgIpc) is 3.08. The summed E-state index contributed by atoms with van der Waals surface area (Å²) < 4.78 is 6.55.